The van der Waals surface area contributed by atoms with Crippen molar-refractivity contribution in [2.75, 3.05) is 0 Å². The summed E-state index contributed by atoms with van der Waals surface area (Å²) in [6, 6.07) is 11.6. The third kappa shape index (κ3) is 1.72. The van der Waals surface area contributed by atoms with E-state index in [4.69, 9.17) is 4.42 Å². The van der Waals surface area contributed by atoms with Crippen LogP contribution in [0, 0.1) is 0 Å². The zero-order valence-electron chi connectivity index (χ0n) is 9.21. The quantitative estimate of drug-likeness (QED) is 0.747. The van der Waals surface area contributed by atoms with E-state index in [1.807, 2.05) is 41.0 Å². The van der Waals surface area contributed by atoms with Gasteiger partial charge in [0.15, 0.2) is 0 Å². The van der Waals surface area contributed by atoms with Crippen LogP contribution in [-0.4, -0.2) is 14.7 Å². The van der Waals surface area contributed by atoms with Crippen LogP contribution in [0.4, 0.5) is 0 Å². The maximum absolute atomic E-state index is 9.33. The maximum atomic E-state index is 9.33. The number of imidazole rings is 1. The van der Waals surface area contributed by atoms with E-state index in [1.54, 1.807) is 6.26 Å². The van der Waals surface area contributed by atoms with Crippen molar-refractivity contribution in [1.82, 2.24) is 9.55 Å². The first-order valence-electron chi connectivity index (χ1n) is 5.46. The fraction of sp³-hybridized carbons (Fsp3) is 0.154. The molecule has 0 bridgehead atoms. The fourth-order valence-electron chi connectivity index (χ4n) is 1.98. The van der Waals surface area contributed by atoms with E-state index >= 15 is 0 Å². The van der Waals surface area contributed by atoms with Gasteiger partial charge in [0.2, 0.25) is 0 Å². The lowest BCUT2D eigenvalue weighted by Gasteiger charge is -2.05. The lowest BCUT2D eigenvalue weighted by molar-refractivity contribution is 0.266. The maximum Gasteiger partial charge on any atom is 0.136 e. The summed E-state index contributed by atoms with van der Waals surface area (Å²) in [4.78, 5) is 4.38. The molecule has 3 rings (SSSR count). The molecule has 0 saturated carbocycles. The summed E-state index contributed by atoms with van der Waals surface area (Å²) in [7, 11) is 0. The summed E-state index contributed by atoms with van der Waals surface area (Å²) in [5, 5.41) is 9.33. The fourth-order valence-corrected chi connectivity index (χ4v) is 1.98. The van der Waals surface area contributed by atoms with Crippen LogP contribution in [0.25, 0.3) is 11.0 Å². The Kier molecular flexibility index (Phi) is 2.42. The number of para-hydroxylation sites is 2. The molecule has 3 aromatic rings. The molecule has 0 aliphatic carbocycles. The van der Waals surface area contributed by atoms with Gasteiger partial charge >= 0.3 is 0 Å². The molecule has 1 N–H and O–H groups in total. The zero-order valence-corrected chi connectivity index (χ0v) is 9.21. The summed E-state index contributed by atoms with van der Waals surface area (Å²) >= 11 is 0. The molecule has 1 aromatic carbocycles. The number of rotatable bonds is 3. The molecule has 86 valence electrons. The van der Waals surface area contributed by atoms with Gasteiger partial charge in [-0.2, -0.15) is 0 Å². The second-order valence-electron chi connectivity index (χ2n) is 3.84. The van der Waals surface area contributed by atoms with E-state index in [1.165, 1.54) is 0 Å². The third-order valence-corrected chi connectivity index (χ3v) is 2.77. The number of aromatic nitrogens is 2. The summed E-state index contributed by atoms with van der Waals surface area (Å²) in [5.74, 6) is 1.51. The minimum atomic E-state index is -0.0740. The Bertz CT molecular complexity index is 626. The Labute approximate surface area is 98.1 Å². The van der Waals surface area contributed by atoms with Crippen molar-refractivity contribution in [2.45, 2.75) is 13.2 Å². The number of aliphatic hydroxyl groups is 1. The molecule has 4 nitrogen and oxygen atoms in total. The minimum absolute atomic E-state index is 0.0740. The first-order chi connectivity index (χ1) is 8.38. The van der Waals surface area contributed by atoms with E-state index in [0.29, 0.717) is 12.4 Å². The highest BCUT2D eigenvalue weighted by Crippen LogP contribution is 2.18. The molecule has 0 spiro atoms. The van der Waals surface area contributed by atoms with Crippen LogP contribution in [0.1, 0.15) is 11.6 Å². The van der Waals surface area contributed by atoms with Gasteiger partial charge in [-0.25, -0.2) is 4.98 Å². The number of fused-ring (bicyclic) bond motifs is 1. The summed E-state index contributed by atoms with van der Waals surface area (Å²) in [6.07, 6.45) is 1.65. The van der Waals surface area contributed by atoms with E-state index in [-0.39, 0.29) is 6.61 Å². The molecule has 17 heavy (non-hydrogen) atoms. The Morgan fingerprint density at radius 3 is 2.82 bits per heavy atom. The highest BCUT2D eigenvalue weighted by Gasteiger charge is 2.10. The second-order valence-corrected chi connectivity index (χ2v) is 3.84. The first kappa shape index (κ1) is 10.1. The topological polar surface area (TPSA) is 51.2 Å². The normalized spacial score (nSPS) is 11.1. The standard InChI is InChI=1S/C13H12N2O2/c16-9-13-14-11-5-1-2-6-12(11)15(13)8-10-4-3-7-17-10/h1-7,16H,8-9H2. The molecule has 0 radical (unpaired) electrons. The predicted octanol–water partition coefficient (Wildman–Crippen LogP) is 2.17. The monoisotopic (exact) mass is 228 g/mol. The van der Waals surface area contributed by atoms with Crippen molar-refractivity contribution in [3.05, 3.63) is 54.2 Å². The van der Waals surface area contributed by atoms with Gasteiger partial charge in [0.1, 0.15) is 18.2 Å². The predicted molar refractivity (Wildman–Crippen MR) is 63.5 cm³/mol. The SMILES string of the molecule is OCc1nc2ccccc2n1Cc1ccco1. The van der Waals surface area contributed by atoms with Crippen LogP contribution < -0.4 is 0 Å². The number of hydrogen-bond donors (Lipinski definition) is 1. The van der Waals surface area contributed by atoms with Gasteiger partial charge < -0.3 is 14.1 Å². The Balaban J connectivity index is 2.12. The van der Waals surface area contributed by atoms with Gasteiger partial charge in [-0.1, -0.05) is 12.1 Å². The van der Waals surface area contributed by atoms with Gasteiger partial charge in [-0.3, -0.25) is 0 Å². The van der Waals surface area contributed by atoms with Crippen molar-refractivity contribution in [1.29, 1.82) is 0 Å². The summed E-state index contributed by atoms with van der Waals surface area (Å²) in [5.41, 5.74) is 1.90. The average Bonchev–Trinajstić information content (AvgIpc) is 2.98. The number of benzene rings is 1. The molecule has 0 saturated heterocycles. The Morgan fingerprint density at radius 1 is 1.18 bits per heavy atom. The Hall–Kier alpha value is -2.07. The van der Waals surface area contributed by atoms with Gasteiger partial charge in [-0.05, 0) is 24.3 Å². The Morgan fingerprint density at radius 2 is 2.06 bits per heavy atom. The molecule has 2 aromatic heterocycles. The minimum Gasteiger partial charge on any atom is -0.467 e. The van der Waals surface area contributed by atoms with E-state index < -0.39 is 0 Å². The third-order valence-electron chi connectivity index (χ3n) is 2.77. The van der Waals surface area contributed by atoms with Crippen molar-refractivity contribution in [3.63, 3.8) is 0 Å². The highest BCUT2D eigenvalue weighted by molar-refractivity contribution is 5.75. The van der Waals surface area contributed by atoms with Crippen LogP contribution in [0.15, 0.2) is 47.1 Å². The van der Waals surface area contributed by atoms with Gasteiger partial charge in [-0.15, -0.1) is 0 Å². The van der Waals surface area contributed by atoms with Crippen molar-refractivity contribution in [3.8, 4) is 0 Å². The lowest BCUT2D eigenvalue weighted by Crippen LogP contribution is -2.04. The van der Waals surface area contributed by atoms with Crippen molar-refractivity contribution in [2.24, 2.45) is 0 Å². The van der Waals surface area contributed by atoms with Gasteiger partial charge in [0, 0.05) is 0 Å². The van der Waals surface area contributed by atoms with Crippen molar-refractivity contribution >= 4 is 11.0 Å². The van der Waals surface area contributed by atoms with E-state index in [0.717, 1.165) is 16.8 Å². The number of aliphatic hydroxyl groups excluding tert-OH is 1. The molecule has 0 atom stereocenters. The zero-order chi connectivity index (χ0) is 11.7. The van der Waals surface area contributed by atoms with Gasteiger partial charge in [0.05, 0.1) is 23.8 Å². The first-order valence-corrected chi connectivity index (χ1v) is 5.46. The molecule has 0 unspecified atom stereocenters. The molecule has 0 aliphatic heterocycles. The van der Waals surface area contributed by atoms with E-state index in [2.05, 4.69) is 4.98 Å². The van der Waals surface area contributed by atoms with E-state index in [9.17, 15) is 5.11 Å². The molecule has 0 fully saturated rings. The van der Waals surface area contributed by atoms with Crippen molar-refractivity contribution < 1.29 is 9.52 Å². The number of nitrogens with zero attached hydrogens (tertiary/aromatic N) is 2. The molecule has 2 heterocycles. The summed E-state index contributed by atoms with van der Waals surface area (Å²) in [6.45, 7) is 0.513. The van der Waals surface area contributed by atoms with Crippen LogP contribution in [0.2, 0.25) is 0 Å². The number of hydrogen-bond acceptors (Lipinski definition) is 3. The summed E-state index contributed by atoms with van der Waals surface area (Å²) < 4.78 is 7.29. The molecule has 0 amide bonds. The second kappa shape index (κ2) is 4.07. The van der Waals surface area contributed by atoms with Crippen LogP contribution >= 0.6 is 0 Å². The lowest BCUT2D eigenvalue weighted by atomic mass is 10.3. The number of furan rings is 1. The van der Waals surface area contributed by atoms with Crippen LogP contribution in [-0.2, 0) is 13.2 Å². The van der Waals surface area contributed by atoms with Crippen LogP contribution in [0.5, 0.6) is 0 Å². The van der Waals surface area contributed by atoms with Crippen LogP contribution in [0.3, 0.4) is 0 Å². The smallest absolute Gasteiger partial charge is 0.136 e. The average molecular weight is 228 g/mol. The highest BCUT2D eigenvalue weighted by atomic mass is 16.3. The molecule has 0 aliphatic rings. The van der Waals surface area contributed by atoms with Gasteiger partial charge in [0.25, 0.3) is 0 Å². The molecular weight excluding hydrogens is 216 g/mol. The largest absolute Gasteiger partial charge is 0.467 e. The molecule has 4 heteroatoms. The molecular formula is C13H12N2O2.